The topological polar surface area (TPSA) is 48.4 Å². The van der Waals surface area contributed by atoms with Gasteiger partial charge in [0.1, 0.15) is 0 Å². The molecule has 0 fully saturated rings. The van der Waals surface area contributed by atoms with Crippen molar-refractivity contribution in [2.75, 3.05) is 6.61 Å². The maximum absolute atomic E-state index is 11.4. The van der Waals surface area contributed by atoms with Gasteiger partial charge in [-0.1, -0.05) is 13.3 Å². The Kier molecular flexibility index (Phi) is 5.46. The van der Waals surface area contributed by atoms with E-state index in [1.165, 1.54) is 6.20 Å². The molecule has 0 N–H and O–H groups in total. The second-order valence-electron chi connectivity index (χ2n) is 3.82. The Bertz CT molecular complexity index is 348. The number of pyridine rings is 1. The molecule has 0 bridgehead atoms. The second kappa shape index (κ2) is 6.89. The lowest BCUT2D eigenvalue weighted by Crippen LogP contribution is -2.12. The monoisotopic (exact) mass is 237 g/mol. The van der Waals surface area contributed by atoms with Crippen LogP contribution in [0.5, 0.6) is 5.88 Å². The molecule has 1 aromatic heterocycles. The van der Waals surface area contributed by atoms with Crippen LogP contribution < -0.4 is 4.74 Å². The highest BCUT2D eigenvalue weighted by Gasteiger charge is 2.08. The lowest BCUT2D eigenvalue weighted by molar-refractivity contribution is 0.0525. The Hall–Kier alpha value is -1.58. The van der Waals surface area contributed by atoms with Crippen LogP contribution in [-0.4, -0.2) is 23.7 Å². The molecule has 0 spiro atoms. The zero-order valence-corrected chi connectivity index (χ0v) is 10.6. The number of aromatic nitrogens is 1. The van der Waals surface area contributed by atoms with Crippen molar-refractivity contribution in [1.29, 1.82) is 0 Å². The van der Waals surface area contributed by atoms with Crippen molar-refractivity contribution in [3.63, 3.8) is 0 Å². The number of hydrogen-bond acceptors (Lipinski definition) is 4. The van der Waals surface area contributed by atoms with Gasteiger partial charge in [0.05, 0.1) is 18.3 Å². The van der Waals surface area contributed by atoms with Crippen LogP contribution in [0.25, 0.3) is 0 Å². The molecule has 0 radical (unpaired) electrons. The highest BCUT2D eigenvalue weighted by molar-refractivity contribution is 5.89. The van der Waals surface area contributed by atoms with Gasteiger partial charge in [0, 0.05) is 12.3 Å². The Balaban J connectivity index is 2.58. The normalized spacial score (nSPS) is 11.9. The van der Waals surface area contributed by atoms with Crippen molar-refractivity contribution in [1.82, 2.24) is 4.98 Å². The molecule has 0 saturated carbocycles. The number of carbonyl (C=O) groups excluding carboxylic acids is 1. The van der Waals surface area contributed by atoms with Gasteiger partial charge in [-0.15, -0.1) is 0 Å². The molecule has 1 atom stereocenters. The molecule has 1 unspecified atom stereocenters. The number of carbonyl (C=O) groups is 1. The van der Waals surface area contributed by atoms with Crippen LogP contribution in [0, 0.1) is 0 Å². The van der Waals surface area contributed by atoms with Crippen molar-refractivity contribution in [2.24, 2.45) is 0 Å². The van der Waals surface area contributed by atoms with Crippen LogP contribution in [0.4, 0.5) is 0 Å². The fourth-order valence-electron chi connectivity index (χ4n) is 1.46. The average molecular weight is 237 g/mol. The number of ether oxygens (including phenoxy) is 2. The van der Waals surface area contributed by atoms with Crippen molar-refractivity contribution >= 4 is 5.97 Å². The van der Waals surface area contributed by atoms with Gasteiger partial charge in [-0.2, -0.15) is 0 Å². The van der Waals surface area contributed by atoms with E-state index >= 15 is 0 Å². The van der Waals surface area contributed by atoms with Crippen molar-refractivity contribution in [3.8, 4) is 5.88 Å². The van der Waals surface area contributed by atoms with Gasteiger partial charge in [0.15, 0.2) is 0 Å². The number of rotatable bonds is 6. The molecular formula is C13H19NO3. The quantitative estimate of drug-likeness (QED) is 0.714. The van der Waals surface area contributed by atoms with Gasteiger partial charge in [-0.05, 0) is 26.3 Å². The van der Waals surface area contributed by atoms with Crippen molar-refractivity contribution in [3.05, 3.63) is 23.9 Å². The van der Waals surface area contributed by atoms with Gasteiger partial charge >= 0.3 is 5.97 Å². The fourth-order valence-corrected chi connectivity index (χ4v) is 1.46. The number of nitrogens with zero attached hydrogens (tertiary/aromatic N) is 1. The molecule has 1 aromatic rings. The van der Waals surface area contributed by atoms with Gasteiger partial charge in [0.25, 0.3) is 0 Å². The zero-order valence-electron chi connectivity index (χ0n) is 10.6. The molecule has 1 heterocycles. The second-order valence-corrected chi connectivity index (χ2v) is 3.82. The molecule has 0 aromatic carbocycles. The van der Waals surface area contributed by atoms with Crippen LogP contribution in [0.1, 0.15) is 44.0 Å². The molecule has 4 heteroatoms. The smallest absolute Gasteiger partial charge is 0.339 e. The van der Waals surface area contributed by atoms with Crippen LogP contribution in [-0.2, 0) is 4.74 Å². The third kappa shape index (κ3) is 4.43. The first-order valence-electron chi connectivity index (χ1n) is 5.97. The summed E-state index contributed by atoms with van der Waals surface area (Å²) in [7, 11) is 0. The van der Waals surface area contributed by atoms with E-state index in [1.807, 2.05) is 6.92 Å². The summed E-state index contributed by atoms with van der Waals surface area (Å²) in [5.41, 5.74) is 0.447. The predicted octanol–water partition coefficient (Wildman–Crippen LogP) is 2.83. The predicted molar refractivity (Wildman–Crippen MR) is 65.2 cm³/mol. The van der Waals surface area contributed by atoms with Gasteiger partial charge in [0.2, 0.25) is 5.88 Å². The number of esters is 1. The minimum Gasteiger partial charge on any atom is -0.475 e. The summed E-state index contributed by atoms with van der Waals surface area (Å²) in [6, 6.07) is 3.36. The molecule has 1 rings (SSSR count). The molecule has 94 valence electrons. The maximum atomic E-state index is 11.4. The molecule has 17 heavy (non-hydrogen) atoms. The summed E-state index contributed by atoms with van der Waals surface area (Å²) in [6.45, 7) is 6.25. The summed E-state index contributed by atoms with van der Waals surface area (Å²) < 4.78 is 10.5. The van der Waals surface area contributed by atoms with E-state index < -0.39 is 0 Å². The zero-order chi connectivity index (χ0) is 12.7. The fraction of sp³-hybridized carbons (Fsp3) is 0.538. The molecule has 4 nitrogen and oxygen atoms in total. The Morgan fingerprint density at radius 3 is 2.71 bits per heavy atom. The molecule has 0 amide bonds. The highest BCUT2D eigenvalue weighted by atomic mass is 16.5. The first-order chi connectivity index (χ1) is 8.17. The Morgan fingerprint density at radius 1 is 1.41 bits per heavy atom. The van der Waals surface area contributed by atoms with E-state index in [9.17, 15) is 4.79 Å². The molecule has 0 saturated heterocycles. The van der Waals surface area contributed by atoms with Crippen molar-refractivity contribution in [2.45, 2.75) is 39.7 Å². The van der Waals surface area contributed by atoms with E-state index in [1.54, 1.807) is 19.1 Å². The van der Waals surface area contributed by atoms with E-state index in [2.05, 4.69) is 11.9 Å². The van der Waals surface area contributed by atoms with Gasteiger partial charge in [-0.25, -0.2) is 9.78 Å². The van der Waals surface area contributed by atoms with Crippen LogP contribution in [0.2, 0.25) is 0 Å². The first-order valence-corrected chi connectivity index (χ1v) is 5.97. The van der Waals surface area contributed by atoms with Crippen molar-refractivity contribution < 1.29 is 14.3 Å². The highest BCUT2D eigenvalue weighted by Crippen LogP contribution is 2.12. The van der Waals surface area contributed by atoms with E-state index in [0.717, 1.165) is 12.8 Å². The van der Waals surface area contributed by atoms with Crippen LogP contribution >= 0.6 is 0 Å². The summed E-state index contributed by atoms with van der Waals surface area (Å²) in [5, 5.41) is 0. The van der Waals surface area contributed by atoms with E-state index in [0.29, 0.717) is 18.1 Å². The maximum Gasteiger partial charge on any atom is 0.339 e. The summed E-state index contributed by atoms with van der Waals surface area (Å²) in [4.78, 5) is 15.5. The molecule has 0 aliphatic rings. The van der Waals surface area contributed by atoms with Crippen LogP contribution in [0.3, 0.4) is 0 Å². The molecular weight excluding hydrogens is 218 g/mol. The number of hydrogen-bond donors (Lipinski definition) is 0. The lowest BCUT2D eigenvalue weighted by Gasteiger charge is -2.12. The summed E-state index contributed by atoms with van der Waals surface area (Å²) in [5.74, 6) is 0.187. The van der Waals surface area contributed by atoms with Gasteiger partial charge in [-0.3, -0.25) is 0 Å². The minimum absolute atomic E-state index is 0.140. The van der Waals surface area contributed by atoms with E-state index in [4.69, 9.17) is 9.47 Å². The van der Waals surface area contributed by atoms with E-state index in [-0.39, 0.29) is 12.1 Å². The standard InChI is InChI=1S/C13H19NO3/c1-4-6-10(3)17-12-8-7-11(9-14-12)13(15)16-5-2/h7-10H,4-6H2,1-3H3. The molecule has 0 aliphatic carbocycles. The largest absolute Gasteiger partial charge is 0.475 e. The lowest BCUT2D eigenvalue weighted by atomic mass is 10.2. The first kappa shape index (κ1) is 13.5. The Labute approximate surface area is 102 Å². The summed E-state index contributed by atoms with van der Waals surface area (Å²) >= 11 is 0. The Morgan fingerprint density at radius 2 is 2.18 bits per heavy atom. The van der Waals surface area contributed by atoms with Gasteiger partial charge < -0.3 is 9.47 Å². The third-order valence-electron chi connectivity index (χ3n) is 2.26. The molecule has 0 aliphatic heterocycles. The minimum atomic E-state index is -0.354. The SMILES string of the molecule is CCCC(C)Oc1ccc(C(=O)OCC)cn1. The average Bonchev–Trinajstić information content (AvgIpc) is 2.30. The third-order valence-corrected chi connectivity index (χ3v) is 2.26. The van der Waals surface area contributed by atoms with Crippen LogP contribution in [0.15, 0.2) is 18.3 Å². The summed E-state index contributed by atoms with van der Waals surface area (Å²) in [6.07, 6.45) is 3.68.